The highest BCUT2D eigenvalue weighted by atomic mass is 16.6. The van der Waals surface area contributed by atoms with Crippen LogP contribution in [-0.4, -0.2) is 42.8 Å². The fourth-order valence-corrected chi connectivity index (χ4v) is 1.42. The summed E-state index contributed by atoms with van der Waals surface area (Å²) in [5.41, 5.74) is -0.633. The van der Waals surface area contributed by atoms with Crippen LogP contribution in [0, 0.1) is 5.92 Å². The van der Waals surface area contributed by atoms with Crippen LogP contribution in [0.1, 0.15) is 41.5 Å². The molecular weight excluding hydrogens is 276 g/mol. The van der Waals surface area contributed by atoms with Crippen molar-refractivity contribution in [3.8, 4) is 0 Å². The first-order chi connectivity index (χ1) is 9.56. The lowest BCUT2D eigenvalue weighted by molar-refractivity contribution is -0.148. The summed E-state index contributed by atoms with van der Waals surface area (Å²) in [5, 5.41) is 4.86. The molecule has 0 aromatic carbocycles. The van der Waals surface area contributed by atoms with Gasteiger partial charge in [0.05, 0.1) is 6.61 Å². The Morgan fingerprint density at radius 3 is 2.14 bits per heavy atom. The predicted octanol–water partition coefficient (Wildman–Crippen LogP) is 1.21. The average molecular weight is 302 g/mol. The quantitative estimate of drug-likeness (QED) is 0.719. The summed E-state index contributed by atoms with van der Waals surface area (Å²) < 4.78 is 9.90. The van der Waals surface area contributed by atoms with Crippen molar-refractivity contribution in [3.05, 3.63) is 0 Å². The summed E-state index contributed by atoms with van der Waals surface area (Å²) in [7, 11) is 0. The Hall–Kier alpha value is -1.79. The molecule has 0 unspecified atom stereocenters. The first-order valence-electron chi connectivity index (χ1n) is 6.99. The number of nitrogens with one attached hydrogen (secondary N) is 2. The Labute approximate surface area is 125 Å². The third-order valence-electron chi connectivity index (χ3n) is 2.32. The number of ether oxygens (including phenoxy) is 2. The second-order valence-electron chi connectivity index (χ2n) is 5.90. The lowest BCUT2D eigenvalue weighted by Crippen LogP contribution is -2.49. The molecule has 0 heterocycles. The normalized spacial score (nSPS) is 12.5. The van der Waals surface area contributed by atoms with Crippen molar-refractivity contribution in [3.63, 3.8) is 0 Å². The lowest BCUT2D eigenvalue weighted by atomic mass is 10.0. The van der Waals surface area contributed by atoms with Gasteiger partial charge in [-0.1, -0.05) is 13.8 Å². The smallest absolute Gasteiger partial charge is 0.408 e. The fraction of sp³-hybridized carbons (Fsp3) is 0.786. The van der Waals surface area contributed by atoms with Crippen LogP contribution in [-0.2, 0) is 19.1 Å². The largest absolute Gasteiger partial charge is 0.464 e. The van der Waals surface area contributed by atoms with Crippen molar-refractivity contribution in [2.45, 2.75) is 53.2 Å². The van der Waals surface area contributed by atoms with Crippen LogP contribution < -0.4 is 10.6 Å². The lowest BCUT2D eigenvalue weighted by Gasteiger charge is -2.21. The number of carbonyl (C=O) groups excluding carboxylic acids is 3. The van der Waals surface area contributed by atoms with E-state index < -0.39 is 29.6 Å². The molecule has 0 aromatic rings. The third-order valence-corrected chi connectivity index (χ3v) is 2.32. The molecule has 21 heavy (non-hydrogen) atoms. The zero-order valence-corrected chi connectivity index (χ0v) is 13.6. The van der Waals surface area contributed by atoms with Crippen molar-refractivity contribution >= 4 is 18.0 Å². The van der Waals surface area contributed by atoms with E-state index in [2.05, 4.69) is 10.6 Å². The SMILES string of the molecule is CCOC(=O)[C@@H](NC(=O)CNC(=O)OC(C)(C)C)C(C)C. The molecule has 0 aliphatic heterocycles. The third kappa shape index (κ3) is 8.88. The number of hydrogen-bond acceptors (Lipinski definition) is 5. The highest BCUT2D eigenvalue weighted by Gasteiger charge is 2.25. The van der Waals surface area contributed by atoms with Gasteiger partial charge in [-0.3, -0.25) is 4.79 Å². The average Bonchev–Trinajstić information content (AvgIpc) is 2.31. The number of alkyl carbamates (subject to hydrolysis) is 1. The van der Waals surface area contributed by atoms with Crippen LogP contribution >= 0.6 is 0 Å². The van der Waals surface area contributed by atoms with Crippen LogP contribution in [0.2, 0.25) is 0 Å². The van der Waals surface area contributed by atoms with E-state index in [0.717, 1.165) is 0 Å². The van der Waals surface area contributed by atoms with Gasteiger partial charge >= 0.3 is 12.1 Å². The van der Waals surface area contributed by atoms with E-state index in [9.17, 15) is 14.4 Å². The van der Waals surface area contributed by atoms with Gasteiger partial charge in [0.15, 0.2) is 0 Å². The maximum absolute atomic E-state index is 11.7. The van der Waals surface area contributed by atoms with E-state index in [0.29, 0.717) is 0 Å². The molecule has 122 valence electrons. The second kappa shape index (κ2) is 8.49. The van der Waals surface area contributed by atoms with Gasteiger partial charge < -0.3 is 20.1 Å². The maximum atomic E-state index is 11.7. The van der Waals surface area contributed by atoms with Gasteiger partial charge in [0.1, 0.15) is 18.2 Å². The molecular formula is C14H26N2O5. The van der Waals surface area contributed by atoms with Gasteiger partial charge in [-0.15, -0.1) is 0 Å². The molecule has 7 heteroatoms. The Bertz CT molecular complexity index is 374. The van der Waals surface area contributed by atoms with Crippen LogP contribution in [0.25, 0.3) is 0 Å². The topological polar surface area (TPSA) is 93.7 Å². The van der Waals surface area contributed by atoms with Crippen molar-refractivity contribution in [2.75, 3.05) is 13.2 Å². The van der Waals surface area contributed by atoms with Gasteiger partial charge in [0, 0.05) is 0 Å². The van der Waals surface area contributed by atoms with Gasteiger partial charge in [-0.2, -0.15) is 0 Å². The Morgan fingerprint density at radius 1 is 1.14 bits per heavy atom. The van der Waals surface area contributed by atoms with Crippen molar-refractivity contribution in [1.82, 2.24) is 10.6 Å². The monoisotopic (exact) mass is 302 g/mol. The van der Waals surface area contributed by atoms with Gasteiger partial charge in [-0.05, 0) is 33.6 Å². The minimum absolute atomic E-state index is 0.116. The summed E-state index contributed by atoms with van der Waals surface area (Å²) >= 11 is 0. The first-order valence-corrected chi connectivity index (χ1v) is 6.99. The second-order valence-corrected chi connectivity index (χ2v) is 5.90. The zero-order valence-electron chi connectivity index (χ0n) is 13.6. The molecule has 0 fully saturated rings. The van der Waals surface area contributed by atoms with Crippen LogP contribution in [0.15, 0.2) is 0 Å². The van der Waals surface area contributed by atoms with Gasteiger partial charge in [0.2, 0.25) is 5.91 Å². The summed E-state index contributed by atoms with van der Waals surface area (Å²) in [6.45, 7) is 10.4. The minimum atomic E-state index is -0.738. The molecule has 0 saturated heterocycles. The Morgan fingerprint density at radius 2 is 1.71 bits per heavy atom. The molecule has 0 aromatic heterocycles. The van der Waals surface area contributed by atoms with Crippen molar-refractivity contribution < 1.29 is 23.9 Å². The summed E-state index contributed by atoms with van der Waals surface area (Å²) in [6.07, 6.45) is -0.685. The standard InChI is InChI=1S/C14H26N2O5/c1-7-20-12(18)11(9(2)3)16-10(17)8-15-13(19)21-14(4,5)6/h9,11H,7-8H2,1-6H3,(H,15,19)(H,16,17)/t11-/m0/s1. The molecule has 0 radical (unpaired) electrons. The number of hydrogen-bond donors (Lipinski definition) is 2. The molecule has 0 aliphatic carbocycles. The van der Waals surface area contributed by atoms with E-state index in [4.69, 9.17) is 9.47 Å². The van der Waals surface area contributed by atoms with Crippen LogP contribution in [0.3, 0.4) is 0 Å². The Kier molecular flexibility index (Phi) is 7.76. The molecule has 7 nitrogen and oxygen atoms in total. The fourth-order valence-electron chi connectivity index (χ4n) is 1.42. The molecule has 1 atom stereocenters. The molecule has 2 N–H and O–H groups in total. The highest BCUT2D eigenvalue weighted by Crippen LogP contribution is 2.06. The summed E-state index contributed by atoms with van der Waals surface area (Å²) in [5.74, 6) is -1.08. The van der Waals surface area contributed by atoms with E-state index in [1.165, 1.54) is 0 Å². The number of amides is 2. The molecule has 0 aliphatic rings. The van der Waals surface area contributed by atoms with E-state index in [1.807, 2.05) is 0 Å². The van der Waals surface area contributed by atoms with E-state index >= 15 is 0 Å². The first kappa shape index (κ1) is 19.2. The summed E-state index contributed by atoms with van der Waals surface area (Å²) in [4.78, 5) is 34.9. The highest BCUT2D eigenvalue weighted by molar-refractivity contribution is 5.87. The summed E-state index contributed by atoms with van der Waals surface area (Å²) in [6, 6.07) is -0.738. The molecule has 0 rings (SSSR count). The van der Waals surface area contributed by atoms with Crippen LogP contribution in [0.5, 0.6) is 0 Å². The minimum Gasteiger partial charge on any atom is -0.464 e. The zero-order chi connectivity index (χ0) is 16.6. The van der Waals surface area contributed by atoms with Gasteiger partial charge in [0.25, 0.3) is 0 Å². The number of esters is 1. The van der Waals surface area contributed by atoms with Crippen LogP contribution in [0.4, 0.5) is 4.79 Å². The maximum Gasteiger partial charge on any atom is 0.408 e. The molecule has 2 amide bonds. The van der Waals surface area contributed by atoms with Gasteiger partial charge in [-0.25, -0.2) is 9.59 Å². The van der Waals surface area contributed by atoms with Crippen molar-refractivity contribution in [1.29, 1.82) is 0 Å². The number of rotatable bonds is 6. The predicted molar refractivity (Wildman–Crippen MR) is 77.6 cm³/mol. The molecule has 0 spiro atoms. The van der Waals surface area contributed by atoms with E-state index in [1.54, 1.807) is 41.5 Å². The molecule has 0 bridgehead atoms. The van der Waals surface area contributed by atoms with Crippen molar-refractivity contribution in [2.24, 2.45) is 5.92 Å². The van der Waals surface area contributed by atoms with E-state index in [-0.39, 0.29) is 19.1 Å². The number of carbonyl (C=O) groups is 3. The molecule has 0 saturated carbocycles. The Balaban J connectivity index is 4.33.